The summed E-state index contributed by atoms with van der Waals surface area (Å²) in [6.45, 7) is 5.15. The van der Waals surface area contributed by atoms with Gasteiger partial charge in [-0.25, -0.2) is 8.78 Å². The van der Waals surface area contributed by atoms with Gasteiger partial charge in [-0.1, -0.05) is 24.1 Å². The molecule has 43 heavy (non-hydrogen) atoms. The molecule has 2 heterocycles. The third kappa shape index (κ3) is 9.26. The lowest BCUT2D eigenvalue weighted by Gasteiger charge is -2.41. The first-order chi connectivity index (χ1) is 20.4. The lowest BCUT2D eigenvalue weighted by molar-refractivity contribution is -0.139. The number of benzene rings is 2. The van der Waals surface area contributed by atoms with E-state index >= 15 is 4.39 Å². The number of carbonyl (C=O) groups excluding carboxylic acids is 2. The zero-order chi connectivity index (χ0) is 31.1. The average Bonchev–Trinajstić information content (AvgIpc) is 2.97. The number of rotatable bonds is 10. The number of alkyl halides is 3. The van der Waals surface area contributed by atoms with Crippen molar-refractivity contribution in [2.24, 2.45) is 0 Å². The molecule has 0 aromatic heterocycles. The van der Waals surface area contributed by atoms with Crippen LogP contribution in [0.15, 0.2) is 30.3 Å². The van der Waals surface area contributed by atoms with E-state index in [-0.39, 0.29) is 37.0 Å². The van der Waals surface area contributed by atoms with Crippen LogP contribution in [0.5, 0.6) is 0 Å². The van der Waals surface area contributed by atoms with Gasteiger partial charge in [-0.3, -0.25) is 14.5 Å². The summed E-state index contributed by atoms with van der Waals surface area (Å²) in [6.07, 6.45) is -1.48. The second-order valence-corrected chi connectivity index (χ2v) is 11.6. The van der Waals surface area contributed by atoms with Crippen LogP contribution < -0.4 is 15.5 Å². The van der Waals surface area contributed by atoms with Crippen LogP contribution in [0.3, 0.4) is 0 Å². The van der Waals surface area contributed by atoms with Crippen LogP contribution in [0.1, 0.15) is 54.9 Å². The maximum Gasteiger partial charge on any atom is 0.390 e. The van der Waals surface area contributed by atoms with Crippen LogP contribution in [0.4, 0.5) is 33.3 Å². The van der Waals surface area contributed by atoms with E-state index in [0.29, 0.717) is 42.6 Å². The SMILES string of the molecule is C[C@@H]1CN(c2cc(Cl)ccc2NC(=O)c2ccc(CNC(=O)CCN3CCCCC3)c(F)c2F)CCN1CCC(F)(F)F. The molecule has 2 saturated heterocycles. The summed E-state index contributed by atoms with van der Waals surface area (Å²) in [5, 5.41) is 5.62. The van der Waals surface area contributed by atoms with Crippen LogP contribution in [0.25, 0.3) is 0 Å². The maximum atomic E-state index is 15.0. The third-order valence-corrected chi connectivity index (χ3v) is 8.22. The van der Waals surface area contributed by atoms with Gasteiger partial charge in [0.15, 0.2) is 11.6 Å². The molecule has 2 aromatic carbocycles. The summed E-state index contributed by atoms with van der Waals surface area (Å²) in [4.78, 5) is 31.2. The lowest BCUT2D eigenvalue weighted by Crippen LogP contribution is -2.52. The highest BCUT2D eigenvalue weighted by atomic mass is 35.5. The van der Waals surface area contributed by atoms with Gasteiger partial charge in [0, 0.05) is 62.3 Å². The summed E-state index contributed by atoms with van der Waals surface area (Å²) < 4.78 is 68.1. The van der Waals surface area contributed by atoms with Gasteiger partial charge in [0.05, 0.1) is 23.4 Å². The Morgan fingerprint density at radius 1 is 0.977 bits per heavy atom. The monoisotopic (exact) mass is 629 g/mol. The second kappa shape index (κ2) is 14.7. The first-order valence-electron chi connectivity index (χ1n) is 14.5. The fourth-order valence-electron chi connectivity index (χ4n) is 5.50. The summed E-state index contributed by atoms with van der Waals surface area (Å²) in [7, 11) is 0. The van der Waals surface area contributed by atoms with Gasteiger partial charge < -0.3 is 20.4 Å². The molecule has 4 rings (SSSR count). The minimum atomic E-state index is -4.24. The van der Waals surface area contributed by atoms with Gasteiger partial charge in [-0.15, -0.1) is 0 Å². The van der Waals surface area contributed by atoms with Crippen LogP contribution in [0, 0.1) is 11.6 Å². The average molecular weight is 630 g/mol. The highest BCUT2D eigenvalue weighted by Gasteiger charge is 2.32. The number of piperidine rings is 1. The highest BCUT2D eigenvalue weighted by Crippen LogP contribution is 2.32. The van der Waals surface area contributed by atoms with Crippen molar-refractivity contribution in [3.8, 4) is 0 Å². The van der Waals surface area contributed by atoms with E-state index in [2.05, 4.69) is 15.5 Å². The quantitative estimate of drug-likeness (QED) is 0.324. The number of halogens is 6. The number of nitrogens with one attached hydrogen (secondary N) is 2. The standard InChI is InChI=1S/C30H37ClF5N5O2/c1-20-19-41(16-15-40(20)14-10-30(34,35)36)25-17-22(31)6-8-24(25)38-29(43)23-7-5-21(27(32)28(23)33)18-37-26(42)9-13-39-11-3-2-4-12-39/h5-8,17,20H,2-4,9-16,18-19H2,1H3,(H,37,42)(H,38,43)/t20-/m1/s1. The summed E-state index contributed by atoms with van der Waals surface area (Å²) in [5.41, 5.74) is 0.233. The molecule has 7 nitrogen and oxygen atoms in total. The molecule has 236 valence electrons. The highest BCUT2D eigenvalue weighted by molar-refractivity contribution is 6.31. The van der Waals surface area contributed by atoms with E-state index in [4.69, 9.17) is 11.6 Å². The second-order valence-electron chi connectivity index (χ2n) is 11.1. The predicted octanol–water partition coefficient (Wildman–Crippen LogP) is 5.83. The Morgan fingerprint density at radius 2 is 1.72 bits per heavy atom. The van der Waals surface area contributed by atoms with E-state index in [0.717, 1.165) is 25.9 Å². The van der Waals surface area contributed by atoms with Crippen molar-refractivity contribution >= 4 is 34.8 Å². The Bertz CT molecular complexity index is 1290. The number of nitrogens with zero attached hydrogens (tertiary/aromatic N) is 3. The minimum absolute atomic E-state index is 0.0788. The van der Waals surface area contributed by atoms with Crippen LogP contribution in [-0.2, 0) is 11.3 Å². The molecule has 0 saturated carbocycles. The first-order valence-corrected chi connectivity index (χ1v) is 14.9. The van der Waals surface area contributed by atoms with Gasteiger partial charge in [0.25, 0.3) is 5.91 Å². The summed E-state index contributed by atoms with van der Waals surface area (Å²) in [5.74, 6) is -3.70. The molecular formula is C30H37ClF5N5O2. The van der Waals surface area contributed by atoms with Crippen molar-refractivity contribution < 1.29 is 31.5 Å². The van der Waals surface area contributed by atoms with Gasteiger partial charge in [0.1, 0.15) is 0 Å². The van der Waals surface area contributed by atoms with Crippen molar-refractivity contribution in [1.82, 2.24) is 15.1 Å². The largest absolute Gasteiger partial charge is 0.390 e. The van der Waals surface area contributed by atoms with Crippen LogP contribution in [0.2, 0.25) is 5.02 Å². The molecule has 2 aromatic rings. The topological polar surface area (TPSA) is 67.9 Å². The Balaban J connectivity index is 1.37. The van der Waals surface area contributed by atoms with Gasteiger partial charge in [-0.2, -0.15) is 13.2 Å². The molecule has 2 fully saturated rings. The Labute approximate surface area is 253 Å². The fourth-order valence-corrected chi connectivity index (χ4v) is 5.67. The van der Waals surface area contributed by atoms with Crippen molar-refractivity contribution in [3.05, 3.63) is 58.1 Å². The molecule has 0 unspecified atom stereocenters. The Hall–Kier alpha value is -2.96. The van der Waals surface area contributed by atoms with Crippen molar-refractivity contribution in [2.75, 3.05) is 56.0 Å². The molecule has 0 bridgehead atoms. The number of hydrogen-bond acceptors (Lipinski definition) is 5. The van der Waals surface area contributed by atoms with Crippen molar-refractivity contribution in [1.29, 1.82) is 0 Å². The molecule has 1 atom stereocenters. The normalized spacial score (nSPS) is 18.5. The molecule has 2 amide bonds. The molecule has 2 aliphatic rings. The minimum Gasteiger partial charge on any atom is -0.367 e. The van der Waals surface area contributed by atoms with Crippen LogP contribution >= 0.6 is 11.6 Å². The van der Waals surface area contributed by atoms with E-state index in [1.807, 2.05) is 11.8 Å². The summed E-state index contributed by atoms with van der Waals surface area (Å²) >= 11 is 6.21. The number of hydrogen-bond donors (Lipinski definition) is 2. The molecule has 2 aliphatic heterocycles. The predicted molar refractivity (Wildman–Crippen MR) is 156 cm³/mol. The first kappa shape index (κ1) is 32.9. The summed E-state index contributed by atoms with van der Waals surface area (Å²) in [6, 6.07) is 6.92. The number of anilines is 2. The van der Waals surface area contributed by atoms with Crippen molar-refractivity contribution in [3.63, 3.8) is 0 Å². The number of carbonyl (C=O) groups is 2. The van der Waals surface area contributed by atoms with E-state index in [9.17, 15) is 27.2 Å². The molecule has 13 heteroatoms. The number of amides is 2. The Kier molecular flexibility index (Phi) is 11.2. The van der Waals surface area contributed by atoms with Gasteiger partial charge in [-0.05, 0) is 57.1 Å². The fraction of sp³-hybridized carbons (Fsp3) is 0.533. The number of likely N-dealkylation sites (tertiary alicyclic amines) is 1. The van der Waals surface area contributed by atoms with E-state index in [1.54, 1.807) is 11.0 Å². The molecule has 2 N–H and O–H groups in total. The van der Waals surface area contributed by atoms with E-state index < -0.39 is 35.7 Å². The molecule has 0 radical (unpaired) electrons. The lowest BCUT2D eigenvalue weighted by atomic mass is 10.1. The van der Waals surface area contributed by atoms with E-state index in [1.165, 1.54) is 30.7 Å². The maximum absolute atomic E-state index is 15.0. The smallest absolute Gasteiger partial charge is 0.367 e. The van der Waals surface area contributed by atoms with Crippen molar-refractivity contribution in [2.45, 2.75) is 57.8 Å². The number of piperazine rings is 1. The Morgan fingerprint density at radius 3 is 2.42 bits per heavy atom. The molecular weight excluding hydrogens is 593 g/mol. The molecule has 0 aliphatic carbocycles. The van der Waals surface area contributed by atoms with Gasteiger partial charge in [0.2, 0.25) is 5.91 Å². The van der Waals surface area contributed by atoms with Gasteiger partial charge >= 0.3 is 6.18 Å². The zero-order valence-electron chi connectivity index (χ0n) is 24.1. The zero-order valence-corrected chi connectivity index (χ0v) is 24.8. The molecule has 0 spiro atoms. The third-order valence-electron chi connectivity index (χ3n) is 7.98. The van der Waals surface area contributed by atoms with Crippen LogP contribution in [-0.4, -0.2) is 79.6 Å².